The third kappa shape index (κ3) is 8.90. The third-order valence-electron chi connectivity index (χ3n) is 4.94. The molecule has 3 aromatic heterocycles. The molecule has 0 atom stereocenters. The number of methoxy groups -OCH3 is 2. The Balaban J connectivity index is 0.000000405. The Kier molecular flexibility index (Phi) is 14.2. The van der Waals surface area contributed by atoms with E-state index in [1.807, 2.05) is 70.4 Å². The van der Waals surface area contributed by atoms with Crippen LogP contribution in [0.25, 0.3) is 17.1 Å². The molecule has 8 nitrogen and oxygen atoms in total. The first-order valence-electron chi connectivity index (χ1n) is 12.9. The first-order valence-corrected chi connectivity index (χ1v) is 12.9. The average Bonchev–Trinajstić information content (AvgIpc) is 3.33. The molecule has 0 aliphatic carbocycles. The maximum absolute atomic E-state index is 12.3. The number of aryl methyl sites for hydroxylation is 2. The van der Waals surface area contributed by atoms with Crippen LogP contribution in [-0.4, -0.2) is 43.9 Å². The standard InChI is InChI=1S/C17H18N4O2.C8H11FN2.2C2H6/c1-11-6-5-7-15(23-4)16(11)21-12(2)19-20-17(21)13-8-14(22-3)10-18-9-13;1-6(2)3-8-10-4-7(9)5-11-8;2*1-2/h5-10H,1-4H3;4-6H,3H2,1-2H3;2*1-2H3. The number of aromatic nitrogens is 6. The number of rotatable bonds is 6. The van der Waals surface area contributed by atoms with Gasteiger partial charge in [0, 0.05) is 18.2 Å². The van der Waals surface area contributed by atoms with Crippen LogP contribution in [-0.2, 0) is 6.42 Å². The number of nitrogens with zero attached hydrogens (tertiary/aromatic N) is 6. The van der Waals surface area contributed by atoms with Crippen LogP contribution in [0.5, 0.6) is 11.5 Å². The summed E-state index contributed by atoms with van der Waals surface area (Å²) in [4.78, 5) is 11.9. The van der Waals surface area contributed by atoms with E-state index in [0.29, 0.717) is 23.3 Å². The zero-order chi connectivity index (χ0) is 28.7. The average molecular weight is 525 g/mol. The summed E-state index contributed by atoms with van der Waals surface area (Å²) in [6.45, 7) is 16.1. The topological polar surface area (TPSA) is 87.8 Å². The van der Waals surface area contributed by atoms with Crippen molar-refractivity contribution in [1.29, 1.82) is 0 Å². The van der Waals surface area contributed by atoms with Gasteiger partial charge in [-0.2, -0.15) is 0 Å². The lowest BCUT2D eigenvalue weighted by Crippen LogP contribution is -2.05. The number of benzene rings is 1. The Morgan fingerprint density at radius 3 is 2.13 bits per heavy atom. The Hall–Kier alpha value is -3.88. The molecule has 0 aliphatic rings. The van der Waals surface area contributed by atoms with Gasteiger partial charge in [0.1, 0.15) is 23.1 Å². The number of para-hydroxylation sites is 1. The molecule has 0 bridgehead atoms. The van der Waals surface area contributed by atoms with Crippen molar-refractivity contribution in [3.63, 3.8) is 0 Å². The molecule has 0 amide bonds. The van der Waals surface area contributed by atoms with Crippen LogP contribution in [0.15, 0.2) is 49.1 Å². The molecule has 1 aromatic carbocycles. The molecule has 0 fully saturated rings. The highest BCUT2D eigenvalue weighted by Gasteiger charge is 2.18. The van der Waals surface area contributed by atoms with Crippen LogP contribution in [0.3, 0.4) is 0 Å². The first-order chi connectivity index (χ1) is 18.3. The summed E-state index contributed by atoms with van der Waals surface area (Å²) >= 11 is 0. The Morgan fingerprint density at radius 1 is 0.895 bits per heavy atom. The van der Waals surface area contributed by atoms with E-state index in [9.17, 15) is 4.39 Å². The number of hydrogen-bond donors (Lipinski definition) is 0. The SMILES string of the molecule is CC.CC.CC(C)Cc1ncc(F)cn1.COc1cncc(-c2nnc(C)n2-c2c(C)cccc2OC)c1. The molecule has 0 N–H and O–H groups in total. The second-order valence-electron chi connectivity index (χ2n) is 8.06. The summed E-state index contributed by atoms with van der Waals surface area (Å²) in [5.41, 5.74) is 2.83. The molecule has 0 saturated heterocycles. The number of hydrogen-bond acceptors (Lipinski definition) is 7. The van der Waals surface area contributed by atoms with E-state index in [2.05, 4.69) is 39.0 Å². The largest absolute Gasteiger partial charge is 0.495 e. The highest BCUT2D eigenvalue weighted by Crippen LogP contribution is 2.32. The van der Waals surface area contributed by atoms with Crippen molar-refractivity contribution >= 4 is 0 Å². The van der Waals surface area contributed by atoms with Crippen LogP contribution in [0.1, 0.15) is 58.8 Å². The molecule has 206 valence electrons. The van der Waals surface area contributed by atoms with E-state index in [0.717, 1.165) is 34.8 Å². The lowest BCUT2D eigenvalue weighted by Gasteiger charge is -2.15. The van der Waals surface area contributed by atoms with Gasteiger partial charge < -0.3 is 9.47 Å². The van der Waals surface area contributed by atoms with Gasteiger partial charge in [-0.15, -0.1) is 10.2 Å². The van der Waals surface area contributed by atoms with E-state index in [1.54, 1.807) is 26.6 Å². The van der Waals surface area contributed by atoms with E-state index in [-0.39, 0.29) is 5.82 Å². The minimum atomic E-state index is -0.377. The summed E-state index contributed by atoms with van der Waals surface area (Å²) in [6.07, 6.45) is 6.61. The smallest absolute Gasteiger partial charge is 0.170 e. The number of ether oxygens (including phenoxy) is 2. The van der Waals surface area contributed by atoms with Gasteiger partial charge >= 0.3 is 0 Å². The predicted molar refractivity (Wildman–Crippen MR) is 150 cm³/mol. The molecular formula is C29H41FN6O2. The molecular weight excluding hydrogens is 483 g/mol. The van der Waals surface area contributed by atoms with Gasteiger partial charge in [-0.1, -0.05) is 53.7 Å². The van der Waals surface area contributed by atoms with Crippen molar-refractivity contribution in [2.45, 2.75) is 61.8 Å². The maximum atomic E-state index is 12.3. The first kappa shape index (κ1) is 32.1. The minimum Gasteiger partial charge on any atom is -0.495 e. The molecule has 0 saturated carbocycles. The highest BCUT2D eigenvalue weighted by atomic mass is 19.1. The molecule has 0 radical (unpaired) electrons. The Labute approximate surface area is 226 Å². The summed E-state index contributed by atoms with van der Waals surface area (Å²) in [6, 6.07) is 7.81. The lowest BCUT2D eigenvalue weighted by molar-refractivity contribution is 0.412. The normalized spacial score (nSPS) is 9.79. The van der Waals surface area contributed by atoms with Crippen LogP contribution in [0.4, 0.5) is 4.39 Å². The van der Waals surface area contributed by atoms with Gasteiger partial charge in [-0.05, 0) is 37.5 Å². The van der Waals surface area contributed by atoms with Crippen molar-refractivity contribution in [2.75, 3.05) is 14.2 Å². The van der Waals surface area contributed by atoms with E-state index >= 15 is 0 Å². The van der Waals surface area contributed by atoms with Crippen molar-refractivity contribution in [1.82, 2.24) is 29.7 Å². The Morgan fingerprint density at radius 2 is 1.55 bits per heavy atom. The Bertz CT molecular complexity index is 1230. The van der Waals surface area contributed by atoms with Gasteiger partial charge in [0.25, 0.3) is 0 Å². The van der Waals surface area contributed by atoms with Gasteiger partial charge in [-0.3, -0.25) is 9.55 Å². The molecule has 0 aliphatic heterocycles. The monoisotopic (exact) mass is 524 g/mol. The second kappa shape index (κ2) is 16.8. The second-order valence-corrected chi connectivity index (χ2v) is 8.06. The summed E-state index contributed by atoms with van der Waals surface area (Å²) < 4.78 is 25.1. The van der Waals surface area contributed by atoms with E-state index in [4.69, 9.17) is 9.47 Å². The van der Waals surface area contributed by atoms with Crippen molar-refractivity contribution in [3.05, 3.63) is 72.1 Å². The molecule has 9 heteroatoms. The fourth-order valence-electron chi connectivity index (χ4n) is 3.36. The van der Waals surface area contributed by atoms with Crippen LogP contribution in [0, 0.1) is 25.6 Å². The molecule has 0 spiro atoms. The van der Waals surface area contributed by atoms with Gasteiger partial charge in [0.2, 0.25) is 0 Å². The lowest BCUT2D eigenvalue weighted by atomic mass is 10.1. The van der Waals surface area contributed by atoms with Gasteiger partial charge in [0.05, 0.1) is 38.5 Å². The molecule has 3 heterocycles. The van der Waals surface area contributed by atoms with E-state index in [1.165, 1.54) is 12.4 Å². The maximum Gasteiger partial charge on any atom is 0.170 e. The fraction of sp³-hybridized carbons (Fsp3) is 0.414. The zero-order valence-corrected chi connectivity index (χ0v) is 24.3. The molecule has 4 aromatic rings. The number of halogens is 1. The third-order valence-corrected chi connectivity index (χ3v) is 4.94. The van der Waals surface area contributed by atoms with Gasteiger partial charge in [0.15, 0.2) is 11.6 Å². The summed E-state index contributed by atoms with van der Waals surface area (Å²) in [5.74, 6) is 3.76. The minimum absolute atomic E-state index is 0.377. The van der Waals surface area contributed by atoms with Crippen LogP contribution >= 0.6 is 0 Å². The highest BCUT2D eigenvalue weighted by molar-refractivity contribution is 5.63. The van der Waals surface area contributed by atoms with E-state index < -0.39 is 0 Å². The van der Waals surface area contributed by atoms with Crippen LogP contribution < -0.4 is 9.47 Å². The summed E-state index contributed by atoms with van der Waals surface area (Å²) in [7, 11) is 3.27. The molecule has 0 unspecified atom stereocenters. The van der Waals surface area contributed by atoms with Crippen molar-refractivity contribution in [2.24, 2.45) is 5.92 Å². The van der Waals surface area contributed by atoms with Crippen molar-refractivity contribution in [3.8, 4) is 28.6 Å². The van der Waals surface area contributed by atoms with Gasteiger partial charge in [-0.25, -0.2) is 14.4 Å². The molecule has 4 rings (SSSR count). The van der Waals surface area contributed by atoms with Crippen molar-refractivity contribution < 1.29 is 13.9 Å². The van der Waals surface area contributed by atoms with Crippen LogP contribution in [0.2, 0.25) is 0 Å². The predicted octanol–water partition coefficient (Wildman–Crippen LogP) is 6.83. The quantitative estimate of drug-likeness (QED) is 0.273. The zero-order valence-electron chi connectivity index (χ0n) is 24.3. The fourth-order valence-corrected chi connectivity index (χ4v) is 3.36. The molecule has 38 heavy (non-hydrogen) atoms. The number of pyridine rings is 1. The summed E-state index contributed by atoms with van der Waals surface area (Å²) in [5, 5.41) is 8.55.